The number of nitrogens with zero attached hydrogens (tertiary/aromatic N) is 2. The monoisotopic (exact) mass is 444 g/mol. The average Bonchev–Trinajstić information content (AvgIpc) is 2.99. The van der Waals surface area contributed by atoms with Crippen molar-refractivity contribution in [3.05, 3.63) is 34.2 Å². The first-order chi connectivity index (χ1) is 15.5. The molecule has 9 heteroatoms. The summed E-state index contributed by atoms with van der Waals surface area (Å²) in [5.41, 5.74) is 2.07. The number of piperidine rings is 2. The fourth-order valence-corrected chi connectivity index (χ4v) is 5.37. The molecule has 0 spiro atoms. The highest BCUT2D eigenvalue weighted by molar-refractivity contribution is 6.06. The van der Waals surface area contributed by atoms with Crippen molar-refractivity contribution in [1.82, 2.24) is 19.8 Å². The van der Waals surface area contributed by atoms with Crippen LogP contribution in [-0.2, 0) is 21.4 Å². The summed E-state index contributed by atoms with van der Waals surface area (Å²) >= 11 is 0. The third-order valence-corrected chi connectivity index (χ3v) is 7.19. The SMILES string of the molecule is Cn1c(=O)n(C2C(=O)CCNC2=O)c2cccc(C3CC(CO[C@@H]4CCNC[C@@H]4F)C3)c21. The average molecular weight is 445 g/mol. The summed E-state index contributed by atoms with van der Waals surface area (Å²) < 4.78 is 22.7. The first-order valence-electron chi connectivity index (χ1n) is 11.4. The summed E-state index contributed by atoms with van der Waals surface area (Å²) in [4.78, 5) is 38.0. The molecule has 1 unspecified atom stereocenters. The van der Waals surface area contributed by atoms with Crippen molar-refractivity contribution >= 4 is 22.7 Å². The molecule has 8 nitrogen and oxygen atoms in total. The number of aromatic nitrogens is 2. The van der Waals surface area contributed by atoms with Crippen molar-refractivity contribution in [2.24, 2.45) is 13.0 Å². The Balaban J connectivity index is 1.36. The Labute approximate surface area is 185 Å². The maximum atomic E-state index is 14.0. The van der Waals surface area contributed by atoms with Crippen molar-refractivity contribution in [1.29, 1.82) is 0 Å². The molecule has 3 fully saturated rings. The molecule has 1 aliphatic carbocycles. The van der Waals surface area contributed by atoms with E-state index in [-0.39, 0.29) is 29.9 Å². The molecule has 1 aromatic heterocycles. The molecule has 2 saturated heterocycles. The van der Waals surface area contributed by atoms with E-state index in [1.807, 2.05) is 12.1 Å². The van der Waals surface area contributed by atoms with Gasteiger partial charge in [-0.15, -0.1) is 0 Å². The Morgan fingerprint density at radius 1 is 1.19 bits per heavy atom. The standard InChI is InChI=1S/C23H29FN4O4/c1-27-20-15(14-9-13(10-14)12-32-19-6-7-25-11-16(19)24)3-2-4-17(20)28(23(27)31)21-18(29)5-8-26-22(21)30/h2-4,13-14,16,19,21,25H,5-12H2,1H3,(H,26,30)/t13?,14?,16-,19+,21?/m0/s1. The highest BCUT2D eigenvalue weighted by atomic mass is 19.1. The number of carbonyl (C=O) groups excluding carboxylic acids is 2. The molecule has 172 valence electrons. The van der Waals surface area contributed by atoms with Crippen molar-refractivity contribution in [2.75, 3.05) is 26.2 Å². The number of aryl methyl sites for hydroxylation is 1. The zero-order valence-corrected chi connectivity index (χ0v) is 18.2. The summed E-state index contributed by atoms with van der Waals surface area (Å²) in [6.45, 7) is 2.00. The number of para-hydroxylation sites is 1. The number of rotatable bonds is 5. The third kappa shape index (κ3) is 3.57. The first-order valence-corrected chi connectivity index (χ1v) is 11.4. The van der Waals surface area contributed by atoms with Gasteiger partial charge < -0.3 is 15.4 Å². The van der Waals surface area contributed by atoms with Crippen LogP contribution in [-0.4, -0.2) is 59.3 Å². The lowest BCUT2D eigenvalue weighted by atomic mass is 9.71. The fourth-order valence-electron chi connectivity index (χ4n) is 5.37. The molecule has 1 saturated carbocycles. The van der Waals surface area contributed by atoms with E-state index in [9.17, 15) is 18.8 Å². The van der Waals surface area contributed by atoms with Gasteiger partial charge in [0.1, 0.15) is 6.17 Å². The molecule has 32 heavy (non-hydrogen) atoms. The Kier molecular flexibility index (Phi) is 5.63. The van der Waals surface area contributed by atoms with Crippen LogP contribution in [0.3, 0.4) is 0 Å². The van der Waals surface area contributed by atoms with Crippen molar-refractivity contribution in [3.8, 4) is 0 Å². The van der Waals surface area contributed by atoms with Crippen LogP contribution in [0.1, 0.15) is 43.2 Å². The number of hydrogen-bond acceptors (Lipinski definition) is 5. The molecule has 1 amide bonds. The van der Waals surface area contributed by atoms with Gasteiger partial charge in [-0.05, 0) is 49.3 Å². The predicted molar refractivity (Wildman–Crippen MR) is 116 cm³/mol. The summed E-state index contributed by atoms with van der Waals surface area (Å²) in [6.07, 6.45) is 1.45. The first kappa shape index (κ1) is 21.3. The smallest absolute Gasteiger partial charge is 0.329 e. The Hall–Kier alpha value is -2.52. The molecule has 2 aromatic rings. The maximum absolute atomic E-state index is 14.0. The zero-order chi connectivity index (χ0) is 22.4. The predicted octanol–water partition coefficient (Wildman–Crippen LogP) is 1.18. The molecule has 2 N–H and O–H groups in total. The molecular weight excluding hydrogens is 415 g/mol. The van der Waals surface area contributed by atoms with Crippen molar-refractivity contribution in [3.63, 3.8) is 0 Å². The van der Waals surface area contributed by atoms with Crippen LogP contribution in [0.5, 0.6) is 0 Å². The molecule has 0 radical (unpaired) electrons. The van der Waals surface area contributed by atoms with E-state index >= 15 is 0 Å². The van der Waals surface area contributed by atoms with E-state index in [1.54, 1.807) is 17.7 Å². The van der Waals surface area contributed by atoms with Gasteiger partial charge in [-0.1, -0.05) is 12.1 Å². The number of nitrogens with one attached hydrogen (secondary N) is 2. The number of fused-ring (bicyclic) bond motifs is 1. The van der Waals surface area contributed by atoms with E-state index in [0.29, 0.717) is 37.6 Å². The van der Waals surface area contributed by atoms with Crippen LogP contribution in [0.25, 0.3) is 11.0 Å². The number of Topliss-reactive ketones (excluding diaryl/α,β-unsaturated/α-hetero) is 1. The number of benzene rings is 1. The maximum Gasteiger partial charge on any atom is 0.329 e. The second kappa shape index (κ2) is 8.44. The lowest BCUT2D eigenvalue weighted by Crippen LogP contribution is -2.46. The van der Waals surface area contributed by atoms with Gasteiger partial charge in [0.05, 0.1) is 17.1 Å². The normalized spacial score (nSPS) is 30.9. The van der Waals surface area contributed by atoms with Crippen LogP contribution < -0.4 is 16.3 Å². The molecule has 5 rings (SSSR count). The quantitative estimate of drug-likeness (QED) is 0.676. The molecule has 1 aromatic carbocycles. The number of halogens is 1. The van der Waals surface area contributed by atoms with Gasteiger partial charge >= 0.3 is 5.69 Å². The molecule has 2 aliphatic heterocycles. The van der Waals surface area contributed by atoms with Gasteiger partial charge in [0.2, 0.25) is 0 Å². The van der Waals surface area contributed by atoms with E-state index in [4.69, 9.17) is 4.74 Å². The van der Waals surface area contributed by atoms with Gasteiger partial charge in [0.25, 0.3) is 5.91 Å². The number of alkyl halides is 1. The van der Waals surface area contributed by atoms with E-state index in [1.165, 1.54) is 4.57 Å². The molecule has 3 aliphatic rings. The number of hydrogen-bond donors (Lipinski definition) is 2. The van der Waals surface area contributed by atoms with Gasteiger partial charge in [0, 0.05) is 33.2 Å². The van der Waals surface area contributed by atoms with Crippen molar-refractivity contribution < 1.29 is 18.7 Å². The number of ether oxygens (including phenoxy) is 1. The van der Waals surface area contributed by atoms with E-state index in [0.717, 1.165) is 30.5 Å². The lowest BCUT2D eigenvalue weighted by molar-refractivity contribution is -0.135. The number of imidazole rings is 1. The van der Waals surface area contributed by atoms with Crippen LogP contribution in [0, 0.1) is 5.92 Å². The highest BCUT2D eigenvalue weighted by Gasteiger charge is 2.37. The molecule has 0 bridgehead atoms. The minimum atomic E-state index is -1.11. The molecular formula is C23H29FN4O4. The van der Waals surface area contributed by atoms with Gasteiger partial charge in [-0.3, -0.25) is 18.7 Å². The van der Waals surface area contributed by atoms with Gasteiger partial charge in [-0.2, -0.15) is 0 Å². The summed E-state index contributed by atoms with van der Waals surface area (Å²) in [5, 5.41) is 5.73. The number of carbonyl (C=O) groups is 2. The minimum Gasteiger partial charge on any atom is -0.375 e. The topological polar surface area (TPSA) is 94.4 Å². The van der Waals surface area contributed by atoms with Crippen LogP contribution in [0.2, 0.25) is 0 Å². The summed E-state index contributed by atoms with van der Waals surface area (Å²) in [5.74, 6) is -0.0362. The Bertz CT molecular complexity index is 1090. The molecule has 3 heterocycles. The third-order valence-electron chi connectivity index (χ3n) is 7.19. The van der Waals surface area contributed by atoms with Crippen molar-refractivity contribution in [2.45, 2.75) is 49.9 Å². The number of amides is 1. The van der Waals surface area contributed by atoms with E-state index in [2.05, 4.69) is 10.6 Å². The Morgan fingerprint density at radius 3 is 2.75 bits per heavy atom. The largest absolute Gasteiger partial charge is 0.375 e. The minimum absolute atomic E-state index is 0.222. The number of ketones is 1. The fraction of sp³-hybridized carbons (Fsp3) is 0.609. The van der Waals surface area contributed by atoms with Gasteiger partial charge in [-0.25, -0.2) is 9.18 Å². The Morgan fingerprint density at radius 2 is 2.00 bits per heavy atom. The van der Waals surface area contributed by atoms with Crippen LogP contribution in [0.15, 0.2) is 23.0 Å². The second-order valence-electron chi connectivity index (χ2n) is 9.25. The highest BCUT2D eigenvalue weighted by Crippen LogP contribution is 2.44. The van der Waals surface area contributed by atoms with E-state index < -0.39 is 18.1 Å². The zero-order valence-electron chi connectivity index (χ0n) is 18.2. The second-order valence-corrected chi connectivity index (χ2v) is 9.25. The van der Waals surface area contributed by atoms with Crippen LogP contribution in [0.4, 0.5) is 4.39 Å². The summed E-state index contributed by atoms with van der Waals surface area (Å²) in [6, 6.07) is 4.58. The summed E-state index contributed by atoms with van der Waals surface area (Å²) in [7, 11) is 1.69. The molecule has 3 atom stereocenters. The van der Waals surface area contributed by atoms with Gasteiger partial charge in [0.15, 0.2) is 11.8 Å². The van der Waals surface area contributed by atoms with Crippen LogP contribution >= 0.6 is 0 Å². The lowest BCUT2D eigenvalue weighted by Gasteiger charge is -2.37.